The number of pyridine rings is 1. The second-order valence-corrected chi connectivity index (χ2v) is 7.56. The van der Waals surface area contributed by atoms with E-state index in [-0.39, 0.29) is 11.1 Å². The van der Waals surface area contributed by atoms with Gasteiger partial charge in [0.15, 0.2) is 5.96 Å². The number of aliphatic imine (C=N–C) groups is 1. The lowest BCUT2D eigenvalue weighted by Crippen LogP contribution is -2.45. The lowest BCUT2D eigenvalue weighted by Gasteiger charge is -2.21. The van der Waals surface area contributed by atoms with Crippen LogP contribution in [0.4, 0.5) is 19.0 Å². The van der Waals surface area contributed by atoms with Gasteiger partial charge in [-0.2, -0.15) is 13.2 Å². The fourth-order valence-corrected chi connectivity index (χ4v) is 3.73. The number of aromatic nitrogens is 2. The van der Waals surface area contributed by atoms with Gasteiger partial charge in [-0.1, -0.05) is 16.8 Å². The molecule has 1 fully saturated rings. The van der Waals surface area contributed by atoms with Crippen molar-refractivity contribution in [3.05, 3.63) is 39.9 Å². The first-order valence-corrected chi connectivity index (χ1v) is 9.93. The molecule has 164 valence electrons. The van der Waals surface area contributed by atoms with Crippen molar-refractivity contribution in [1.29, 1.82) is 0 Å². The van der Waals surface area contributed by atoms with E-state index in [4.69, 9.17) is 16.1 Å². The number of rotatable bonds is 5. The summed E-state index contributed by atoms with van der Waals surface area (Å²) in [5.41, 5.74) is 1.10. The van der Waals surface area contributed by atoms with Crippen LogP contribution in [0.2, 0.25) is 5.02 Å². The summed E-state index contributed by atoms with van der Waals surface area (Å²) in [7, 11) is 1.69. The van der Waals surface area contributed by atoms with Gasteiger partial charge in [0.05, 0.1) is 16.3 Å². The highest BCUT2D eigenvalue weighted by Crippen LogP contribution is 2.34. The Balaban J connectivity index is 1.53. The standard InChI is InChI=1S/C19H24ClF3N6O/c1-11-15(12(2)30-28-11)4-6-25-18(24-3)27-14-5-7-29(10-14)17-16(20)8-13(9-26-17)19(21,22)23/h8-9,14H,4-7,10H2,1-3H3,(H2,24,25,27). The Morgan fingerprint density at radius 2 is 2.17 bits per heavy atom. The highest BCUT2D eigenvalue weighted by Gasteiger charge is 2.33. The van der Waals surface area contributed by atoms with Gasteiger partial charge in [-0.25, -0.2) is 4.98 Å². The molecule has 11 heteroatoms. The van der Waals surface area contributed by atoms with Gasteiger partial charge >= 0.3 is 6.18 Å². The summed E-state index contributed by atoms with van der Waals surface area (Å²) in [5.74, 6) is 1.82. The first-order chi connectivity index (χ1) is 14.2. The fraction of sp³-hybridized carbons (Fsp3) is 0.526. The minimum Gasteiger partial charge on any atom is -0.361 e. The number of alkyl halides is 3. The molecule has 0 bridgehead atoms. The number of hydrogen-bond donors (Lipinski definition) is 2. The zero-order valence-electron chi connectivity index (χ0n) is 17.0. The molecule has 1 unspecified atom stereocenters. The third-order valence-corrected chi connectivity index (χ3v) is 5.33. The molecule has 1 atom stereocenters. The Kier molecular flexibility index (Phi) is 6.74. The van der Waals surface area contributed by atoms with Crippen LogP contribution in [0.1, 0.15) is 29.0 Å². The molecular formula is C19H24ClF3N6O. The summed E-state index contributed by atoms with van der Waals surface area (Å²) in [5, 5.41) is 10.5. The van der Waals surface area contributed by atoms with Crippen molar-refractivity contribution in [2.45, 2.75) is 38.9 Å². The number of halogens is 4. The Labute approximate surface area is 177 Å². The van der Waals surface area contributed by atoms with E-state index in [1.807, 2.05) is 18.7 Å². The summed E-state index contributed by atoms with van der Waals surface area (Å²) in [4.78, 5) is 10.1. The van der Waals surface area contributed by atoms with Crippen LogP contribution in [0.25, 0.3) is 0 Å². The van der Waals surface area contributed by atoms with Gasteiger partial charge in [-0.3, -0.25) is 4.99 Å². The van der Waals surface area contributed by atoms with E-state index in [1.165, 1.54) is 0 Å². The Morgan fingerprint density at radius 1 is 1.40 bits per heavy atom. The number of aryl methyl sites for hydroxylation is 2. The molecule has 0 amide bonds. The molecule has 1 aliphatic heterocycles. The molecule has 0 radical (unpaired) electrons. The molecule has 7 nitrogen and oxygen atoms in total. The van der Waals surface area contributed by atoms with Gasteiger partial charge in [-0.15, -0.1) is 0 Å². The summed E-state index contributed by atoms with van der Waals surface area (Å²) < 4.78 is 43.6. The fourth-order valence-electron chi connectivity index (χ4n) is 3.44. The molecule has 3 heterocycles. The monoisotopic (exact) mass is 444 g/mol. The maximum Gasteiger partial charge on any atom is 0.417 e. The van der Waals surface area contributed by atoms with Gasteiger partial charge < -0.3 is 20.1 Å². The van der Waals surface area contributed by atoms with Crippen LogP contribution in [0.3, 0.4) is 0 Å². The van der Waals surface area contributed by atoms with Crippen LogP contribution >= 0.6 is 11.6 Å². The van der Waals surface area contributed by atoms with Crippen LogP contribution < -0.4 is 15.5 Å². The third kappa shape index (κ3) is 5.16. The summed E-state index contributed by atoms with van der Waals surface area (Å²) in [6, 6.07) is 0.982. The van der Waals surface area contributed by atoms with Crippen molar-refractivity contribution >= 4 is 23.4 Å². The topological polar surface area (TPSA) is 78.6 Å². The average molecular weight is 445 g/mol. The maximum atomic E-state index is 12.8. The number of nitrogens with one attached hydrogen (secondary N) is 2. The molecule has 2 N–H and O–H groups in total. The van der Waals surface area contributed by atoms with Crippen molar-refractivity contribution in [2.75, 3.05) is 31.6 Å². The van der Waals surface area contributed by atoms with E-state index in [9.17, 15) is 13.2 Å². The van der Waals surface area contributed by atoms with Crippen LogP contribution in [0.5, 0.6) is 0 Å². The number of anilines is 1. The molecular weight excluding hydrogens is 421 g/mol. The molecule has 0 aliphatic carbocycles. The SMILES string of the molecule is CN=C(NCCc1c(C)noc1C)NC1CCN(c2ncc(C(F)(F)F)cc2Cl)C1. The zero-order valence-corrected chi connectivity index (χ0v) is 17.7. The molecule has 0 saturated carbocycles. The van der Waals surface area contributed by atoms with Crippen LogP contribution in [-0.4, -0.2) is 48.8 Å². The first kappa shape index (κ1) is 22.2. The predicted molar refractivity (Wildman–Crippen MR) is 109 cm³/mol. The smallest absolute Gasteiger partial charge is 0.361 e. The Hall–Kier alpha value is -2.49. The highest BCUT2D eigenvalue weighted by molar-refractivity contribution is 6.33. The van der Waals surface area contributed by atoms with E-state index < -0.39 is 11.7 Å². The second-order valence-electron chi connectivity index (χ2n) is 7.15. The summed E-state index contributed by atoms with van der Waals surface area (Å²) in [6.07, 6.45) is -2.11. The molecule has 1 saturated heterocycles. The van der Waals surface area contributed by atoms with Gasteiger partial charge in [0, 0.05) is 44.5 Å². The highest BCUT2D eigenvalue weighted by atomic mass is 35.5. The van der Waals surface area contributed by atoms with E-state index in [0.29, 0.717) is 31.4 Å². The minimum absolute atomic E-state index is 0.00700. The van der Waals surface area contributed by atoms with Gasteiger partial charge in [-0.05, 0) is 32.8 Å². The molecule has 30 heavy (non-hydrogen) atoms. The Bertz CT molecular complexity index is 895. The van der Waals surface area contributed by atoms with Crippen LogP contribution in [0, 0.1) is 13.8 Å². The normalized spacial score (nSPS) is 17.5. The predicted octanol–water partition coefficient (Wildman–Crippen LogP) is 3.35. The van der Waals surface area contributed by atoms with E-state index in [0.717, 1.165) is 42.1 Å². The van der Waals surface area contributed by atoms with Gasteiger partial charge in [0.1, 0.15) is 11.6 Å². The van der Waals surface area contributed by atoms with E-state index in [2.05, 4.69) is 25.8 Å². The maximum absolute atomic E-state index is 12.8. The minimum atomic E-state index is -4.47. The van der Waals surface area contributed by atoms with Crippen LogP contribution in [-0.2, 0) is 12.6 Å². The van der Waals surface area contributed by atoms with Gasteiger partial charge in [0.25, 0.3) is 0 Å². The molecule has 1 aliphatic rings. The lowest BCUT2D eigenvalue weighted by molar-refractivity contribution is -0.137. The molecule has 2 aromatic rings. The molecule has 3 rings (SSSR count). The number of nitrogens with zero attached hydrogens (tertiary/aromatic N) is 4. The zero-order chi connectivity index (χ0) is 21.9. The van der Waals surface area contributed by atoms with E-state index >= 15 is 0 Å². The Morgan fingerprint density at radius 3 is 2.77 bits per heavy atom. The lowest BCUT2D eigenvalue weighted by atomic mass is 10.1. The first-order valence-electron chi connectivity index (χ1n) is 9.55. The summed E-state index contributed by atoms with van der Waals surface area (Å²) in [6.45, 7) is 5.64. The quantitative estimate of drug-likeness (QED) is 0.544. The summed E-state index contributed by atoms with van der Waals surface area (Å²) >= 11 is 6.07. The molecule has 0 aromatic carbocycles. The van der Waals surface area contributed by atoms with Gasteiger partial charge in [0.2, 0.25) is 0 Å². The van der Waals surface area contributed by atoms with Crippen molar-refractivity contribution in [3.8, 4) is 0 Å². The van der Waals surface area contributed by atoms with Crippen molar-refractivity contribution in [3.63, 3.8) is 0 Å². The second kappa shape index (κ2) is 9.11. The molecule has 2 aromatic heterocycles. The van der Waals surface area contributed by atoms with Crippen molar-refractivity contribution < 1.29 is 17.7 Å². The largest absolute Gasteiger partial charge is 0.417 e. The number of hydrogen-bond acceptors (Lipinski definition) is 5. The average Bonchev–Trinajstić information content (AvgIpc) is 3.27. The molecule has 0 spiro atoms. The van der Waals surface area contributed by atoms with Crippen molar-refractivity contribution in [1.82, 2.24) is 20.8 Å². The number of guanidine groups is 1. The van der Waals surface area contributed by atoms with Crippen LogP contribution in [0.15, 0.2) is 21.8 Å². The van der Waals surface area contributed by atoms with E-state index in [1.54, 1.807) is 7.05 Å². The third-order valence-electron chi connectivity index (χ3n) is 5.05. The van der Waals surface area contributed by atoms with Crippen molar-refractivity contribution in [2.24, 2.45) is 4.99 Å².